The monoisotopic (exact) mass is 370 g/mol. The number of hydrogen-bond acceptors (Lipinski definition) is 6. The summed E-state index contributed by atoms with van der Waals surface area (Å²) in [7, 11) is 0. The Bertz CT molecular complexity index is 286. The van der Waals surface area contributed by atoms with Gasteiger partial charge in [-0.3, -0.25) is 0 Å². The van der Waals surface area contributed by atoms with E-state index >= 15 is 0 Å². The van der Waals surface area contributed by atoms with Crippen LogP contribution in [0, 0.1) is 0 Å². The molecule has 0 aromatic carbocycles. The molecule has 0 fully saturated rings. The smallest absolute Gasteiger partial charge is 0.527 e. The number of rotatable bonds is 0. The number of carboxylic acid groups (broad SMARTS) is 2. The molecule has 0 rings (SSSR count). The van der Waals surface area contributed by atoms with E-state index in [1.54, 1.807) is 0 Å². The minimum absolute atomic E-state index is 0. The maximum absolute atomic E-state index is 9.66. The van der Waals surface area contributed by atoms with Gasteiger partial charge in [0.25, 0.3) is 0 Å². The molecule has 0 saturated heterocycles. The molecule has 0 aliphatic heterocycles. The predicted octanol–water partition coefficient (Wildman–Crippen LogP) is -2.66. The SMILES string of the molecule is NC(=O)N=NC(N)=O.O=C([O-])N=NC(=O)[O-].[Ba+2]. The van der Waals surface area contributed by atoms with Crippen LogP contribution in [0.2, 0.25) is 0 Å². The fourth-order valence-corrected chi connectivity index (χ4v) is 0.180. The van der Waals surface area contributed by atoms with Crippen LogP contribution in [0.15, 0.2) is 20.5 Å². The van der Waals surface area contributed by atoms with E-state index in [1.165, 1.54) is 0 Å². The van der Waals surface area contributed by atoms with Gasteiger partial charge in [-0.1, -0.05) is 10.2 Å². The number of urea groups is 2. The van der Waals surface area contributed by atoms with Crippen LogP contribution in [-0.2, 0) is 0 Å². The van der Waals surface area contributed by atoms with Crippen molar-refractivity contribution < 1.29 is 29.4 Å². The van der Waals surface area contributed by atoms with Crippen LogP contribution >= 0.6 is 0 Å². The van der Waals surface area contributed by atoms with Gasteiger partial charge in [-0.15, -0.1) is 10.2 Å². The average Bonchev–Trinajstić information content (AvgIpc) is 2.12. The van der Waals surface area contributed by atoms with E-state index in [2.05, 4.69) is 31.9 Å². The Balaban J connectivity index is -0.000000218. The molecule has 0 saturated carbocycles. The first-order valence-corrected chi connectivity index (χ1v) is 3.10. The summed E-state index contributed by atoms with van der Waals surface area (Å²) >= 11 is 0. The van der Waals surface area contributed by atoms with Crippen molar-refractivity contribution in [2.45, 2.75) is 0 Å². The van der Waals surface area contributed by atoms with Gasteiger partial charge in [0.1, 0.15) is 0 Å². The Morgan fingerprint density at radius 3 is 1.06 bits per heavy atom. The van der Waals surface area contributed by atoms with Crippen molar-refractivity contribution in [1.82, 2.24) is 0 Å². The molecule has 13 heteroatoms. The van der Waals surface area contributed by atoms with Crippen LogP contribution in [0.25, 0.3) is 0 Å². The fourth-order valence-electron chi connectivity index (χ4n) is 0.180. The van der Waals surface area contributed by atoms with Crippen LogP contribution in [0.5, 0.6) is 0 Å². The Morgan fingerprint density at radius 2 is 0.941 bits per heavy atom. The second kappa shape index (κ2) is 12.7. The predicted molar refractivity (Wildman–Crippen MR) is 45.4 cm³/mol. The van der Waals surface area contributed by atoms with Crippen LogP contribution in [-0.4, -0.2) is 73.1 Å². The molecule has 0 bridgehead atoms. The van der Waals surface area contributed by atoms with E-state index in [9.17, 15) is 29.4 Å². The summed E-state index contributed by atoms with van der Waals surface area (Å²) in [6, 6.07) is -2.08. The molecule has 0 aliphatic rings. The molecule has 0 aromatic heterocycles. The molecular formula is C4H4BaN6O6. The fraction of sp³-hybridized carbons (Fsp3) is 0. The number of primary amides is 2. The van der Waals surface area contributed by atoms with Gasteiger partial charge < -0.3 is 31.3 Å². The molecule has 0 atom stereocenters. The summed E-state index contributed by atoms with van der Waals surface area (Å²) in [6.45, 7) is 0. The van der Waals surface area contributed by atoms with Gasteiger partial charge in [-0.25, -0.2) is 9.59 Å². The molecule has 17 heavy (non-hydrogen) atoms. The number of nitrogens with two attached hydrogens (primary N) is 2. The van der Waals surface area contributed by atoms with E-state index < -0.39 is 24.2 Å². The third kappa shape index (κ3) is 31.3. The molecule has 6 amide bonds. The minimum Gasteiger partial charge on any atom is -0.527 e. The number of nitrogens with zero attached hydrogens (tertiary/aromatic N) is 4. The number of azo groups is 2. The molecule has 88 valence electrons. The van der Waals surface area contributed by atoms with Crippen molar-refractivity contribution in [3.63, 3.8) is 0 Å². The van der Waals surface area contributed by atoms with Gasteiger partial charge in [0.05, 0.1) is 0 Å². The Labute approximate surface area is 133 Å². The van der Waals surface area contributed by atoms with E-state index in [1.807, 2.05) is 0 Å². The minimum atomic E-state index is -1.91. The topological polar surface area (TPSA) is 216 Å². The summed E-state index contributed by atoms with van der Waals surface area (Å²) in [5, 5.41) is 27.9. The van der Waals surface area contributed by atoms with Gasteiger partial charge in [0, 0.05) is 0 Å². The third-order valence-electron chi connectivity index (χ3n) is 0.460. The van der Waals surface area contributed by atoms with Crippen molar-refractivity contribution in [2.75, 3.05) is 0 Å². The molecule has 0 heterocycles. The van der Waals surface area contributed by atoms with E-state index in [4.69, 9.17) is 0 Å². The largest absolute Gasteiger partial charge is 2.00 e. The van der Waals surface area contributed by atoms with Crippen molar-refractivity contribution >= 4 is 73.1 Å². The first kappa shape index (κ1) is 21.0. The number of carbonyl (C=O) groups is 4. The summed E-state index contributed by atoms with van der Waals surface area (Å²) < 4.78 is 0. The van der Waals surface area contributed by atoms with E-state index in [-0.39, 0.29) is 48.9 Å². The van der Waals surface area contributed by atoms with Crippen molar-refractivity contribution in [1.29, 1.82) is 0 Å². The standard InChI is InChI=1S/C2H4N4O2.C2H2N2O4.Ba/c3-1(7)5-6-2(4)8;5-1(6)3-4-2(7)8;/h(H2,3,7)(H2,4,8);(H,5,6)(H,7,8);/q;;+2/p-2. The molecule has 0 unspecified atom stereocenters. The summed E-state index contributed by atoms with van der Waals surface area (Å²) in [4.78, 5) is 37.8. The quantitative estimate of drug-likeness (QED) is 0.342. The summed E-state index contributed by atoms with van der Waals surface area (Å²) in [5.41, 5.74) is 8.87. The molecular weight excluding hydrogens is 365 g/mol. The van der Waals surface area contributed by atoms with Crippen LogP contribution in [0.4, 0.5) is 19.2 Å². The first-order chi connectivity index (χ1) is 7.25. The van der Waals surface area contributed by atoms with Crippen molar-refractivity contribution in [2.24, 2.45) is 31.9 Å². The molecule has 0 radical (unpaired) electrons. The van der Waals surface area contributed by atoms with Gasteiger partial charge in [-0.2, -0.15) is 0 Å². The molecule has 0 aromatic rings. The number of hydrogen-bond donors (Lipinski definition) is 2. The van der Waals surface area contributed by atoms with Gasteiger partial charge >= 0.3 is 60.9 Å². The first-order valence-electron chi connectivity index (χ1n) is 3.10. The van der Waals surface area contributed by atoms with Gasteiger partial charge in [-0.05, 0) is 0 Å². The molecule has 12 nitrogen and oxygen atoms in total. The molecule has 0 aliphatic carbocycles. The zero-order chi connectivity index (χ0) is 13.1. The maximum atomic E-state index is 9.66. The second-order valence-electron chi connectivity index (χ2n) is 1.61. The average molecular weight is 369 g/mol. The second-order valence-corrected chi connectivity index (χ2v) is 1.61. The zero-order valence-corrected chi connectivity index (χ0v) is 12.5. The number of carbonyl (C=O) groups excluding carboxylic acids is 4. The maximum Gasteiger partial charge on any atom is 2.00 e. The third-order valence-corrected chi connectivity index (χ3v) is 0.460. The number of amides is 6. The van der Waals surface area contributed by atoms with Gasteiger partial charge in [0.15, 0.2) is 12.2 Å². The summed E-state index contributed by atoms with van der Waals surface area (Å²) in [5.74, 6) is 0. The van der Waals surface area contributed by atoms with E-state index in [0.29, 0.717) is 0 Å². The van der Waals surface area contributed by atoms with Gasteiger partial charge in [0.2, 0.25) is 0 Å². The van der Waals surface area contributed by atoms with Crippen molar-refractivity contribution in [3.05, 3.63) is 0 Å². The Hall–Kier alpha value is -1.35. The summed E-state index contributed by atoms with van der Waals surface area (Å²) in [6.07, 6.45) is -3.82. The molecule has 0 spiro atoms. The zero-order valence-electron chi connectivity index (χ0n) is 8.10. The van der Waals surface area contributed by atoms with Crippen LogP contribution in [0.1, 0.15) is 0 Å². The van der Waals surface area contributed by atoms with E-state index in [0.717, 1.165) is 0 Å². The normalized spacial score (nSPS) is 8.94. The molecule has 4 N–H and O–H groups in total. The van der Waals surface area contributed by atoms with Crippen molar-refractivity contribution in [3.8, 4) is 0 Å². The van der Waals surface area contributed by atoms with Crippen LogP contribution in [0.3, 0.4) is 0 Å². The van der Waals surface area contributed by atoms with Crippen LogP contribution < -0.4 is 21.7 Å². The Kier molecular flexibility index (Phi) is 15.7. The Morgan fingerprint density at radius 1 is 0.706 bits per heavy atom.